The number of likely N-dealkylation sites (tertiary alicyclic amines) is 1. The zero-order valence-electron chi connectivity index (χ0n) is 12.5. The van der Waals surface area contributed by atoms with Crippen LogP contribution >= 0.6 is 0 Å². The molecule has 1 saturated heterocycles. The number of piperidine rings is 1. The second-order valence-corrected chi connectivity index (χ2v) is 5.46. The molecule has 1 N–H and O–H groups in total. The molecule has 0 bridgehead atoms. The van der Waals surface area contributed by atoms with Crippen LogP contribution in [0, 0.1) is 0 Å². The van der Waals surface area contributed by atoms with Gasteiger partial charge in [0.15, 0.2) is 0 Å². The average Bonchev–Trinajstić information content (AvgIpc) is 3.04. The summed E-state index contributed by atoms with van der Waals surface area (Å²) in [6.07, 6.45) is 8.26. The first kappa shape index (κ1) is 14.5. The summed E-state index contributed by atoms with van der Waals surface area (Å²) in [5.41, 5.74) is -0.0304. The van der Waals surface area contributed by atoms with Gasteiger partial charge in [0.25, 0.3) is 11.5 Å². The highest BCUT2D eigenvalue weighted by molar-refractivity contribution is 5.92. The van der Waals surface area contributed by atoms with Crippen molar-refractivity contribution < 1.29 is 4.79 Å². The minimum atomic E-state index is -0.307. The quantitative estimate of drug-likeness (QED) is 0.917. The molecular weight excluding hydrogens is 282 g/mol. The van der Waals surface area contributed by atoms with Gasteiger partial charge in [0.2, 0.25) is 0 Å². The fourth-order valence-electron chi connectivity index (χ4n) is 2.94. The number of H-pyrrole nitrogens is 1. The summed E-state index contributed by atoms with van der Waals surface area (Å²) in [7, 11) is 0. The van der Waals surface area contributed by atoms with Crippen LogP contribution in [-0.2, 0) is 6.54 Å². The Balaban J connectivity index is 1.76. The Morgan fingerprint density at radius 3 is 3.05 bits per heavy atom. The predicted octanol–water partition coefficient (Wildman–Crippen LogP) is 1.01. The van der Waals surface area contributed by atoms with Crippen LogP contribution in [0.25, 0.3) is 0 Å². The third-order valence-corrected chi connectivity index (χ3v) is 4.05. The second kappa shape index (κ2) is 6.13. The van der Waals surface area contributed by atoms with E-state index in [0.717, 1.165) is 31.4 Å². The fraction of sp³-hybridized carbons (Fsp3) is 0.467. The van der Waals surface area contributed by atoms with Gasteiger partial charge in [-0.3, -0.25) is 9.59 Å². The van der Waals surface area contributed by atoms with Crippen molar-refractivity contribution in [2.45, 2.75) is 32.2 Å². The summed E-state index contributed by atoms with van der Waals surface area (Å²) in [6, 6.07) is 0. The van der Waals surface area contributed by atoms with E-state index in [1.54, 1.807) is 4.90 Å². The van der Waals surface area contributed by atoms with Gasteiger partial charge in [-0.15, -0.1) is 0 Å². The number of aryl methyl sites for hydroxylation is 1. The Morgan fingerprint density at radius 2 is 2.32 bits per heavy atom. The highest BCUT2D eigenvalue weighted by Crippen LogP contribution is 2.26. The maximum Gasteiger partial charge on any atom is 0.273 e. The van der Waals surface area contributed by atoms with Gasteiger partial charge in [-0.1, -0.05) is 0 Å². The normalized spacial score (nSPS) is 18.4. The Kier molecular flexibility index (Phi) is 4.04. The van der Waals surface area contributed by atoms with Crippen molar-refractivity contribution in [2.24, 2.45) is 0 Å². The average molecular weight is 301 g/mol. The topological polar surface area (TPSA) is 83.9 Å². The van der Waals surface area contributed by atoms with Crippen LogP contribution < -0.4 is 5.56 Å². The largest absolute Gasteiger partial charge is 0.337 e. The predicted molar refractivity (Wildman–Crippen MR) is 80.6 cm³/mol. The van der Waals surface area contributed by atoms with Crippen molar-refractivity contribution in [3.8, 4) is 0 Å². The van der Waals surface area contributed by atoms with Crippen molar-refractivity contribution in [2.75, 3.05) is 13.1 Å². The lowest BCUT2D eigenvalue weighted by atomic mass is 9.97. The van der Waals surface area contributed by atoms with E-state index in [4.69, 9.17) is 0 Å². The second-order valence-electron chi connectivity index (χ2n) is 5.46. The summed E-state index contributed by atoms with van der Waals surface area (Å²) in [4.78, 5) is 36.2. The monoisotopic (exact) mass is 301 g/mol. The molecule has 0 radical (unpaired) electrons. The molecule has 7 heteroatoms. The SMILES string of the molecule is CCn1ccnc1[C@@H]1CCCN(C(=O)c2c[nH]c(=O)cn2)C1. The summed E-state index contributed by atoms with van der Waals surface area (Å²) in [6.45, 7) is 4.31. The van der Waals surface area contributed by atoms with Gasteiger partial charge in [-0.05, 0) is 19.8 Å². The number of hydrogen-bond donors (Lipinski definition) is 1. The van der Waals surface area contributed by atoms with Gasteiger partial charge < -0.3 is 14.5 Å². The van der Waals surface area contributed by atoms with E-state index in [1.165, 1.54) is 6.20 Å². The molecule has 1 aliphatic rings. The first-order valence-corrected chi connectivity index (χ1v) is 7.54. The highest BCUT2D eigenvalue weighted by Gasteiger charge is 2.28. The number of aromatic amines is 1. The molecule has 3 heterocycles. The van der Waals surface area contributed by atoms with E-state index in [2.05, 4.69) is 26.4 Å². The zero-order chi connectivity index (χ0) is 15.5. The van der Waals surface area contributed by atoms with Crippen LogP contribution in [-0.4, -0.2) is 43.4 Å². The Labute approximate surface area is 128 Å². The lowest BCUT2D eigenvalue weighted by molar-refractivity contribution is 0.0697. The number of amides is 1. The molecule has 7 nitrogen and oxygen atoms in total. The van der Waals surface area contributed by atoms with Crippen molar-refractivity contribution in [1.29, 1.82) is 0 Å². The summed E-state index contributed by atoms with van der Waals surface area (Å²) in [5, 5.41) is 0. The molecule has 116 valence electrons. The molecule has 2 aromatic rings. The molecule has 0 aliphatic carbocycles. The third kappa shape index (κ3) is 2.79. The van der Waals surface area contributed by atoms with Crippen LogP contribution in [0.4, 0.5) is 0 Å². The van der Waals surface area contributed by atoms with Crippen molar-refractivity contribution >= 4 is 5.91 Å². The molecule has 22 heavy (non-hydrogen) atoms. The standard InChI is InChI=1S/C15H19N5O2/c1-2-19-7-5-16-14(19)11-4-3-6-20(10-11)15(22)12-8-18-13(21)9-17-12/h5,7-9,11H,2-4,6,10H2,1H3,(H,18,21)/t11-/m1/s1. The minimum Gasteiger partial charge on any atom is -0.337 e. The molecular formula is C15H19N5O2. The molecule has 0 saturated carbocycles. The first-order valence-electron chi connectivity index (χ1n) is 7.54. The maximum atomic E-state index is 12.5. The Bertz CT molecular complexity index is 700. The molecule has 1 atom stereocenters. The van der Waals surface area contributed by atoms with Gasteiger partial charge in [-0.2, -0.15) is 0 Å². The number of aromatic nitrogens is 4. The molecule has 1 amide bonds. The maximum absolute atomic E-state index is 12.5. The Hall–Kier alpha value is -2.44. The van der Waals surface area contributed by atoms with Crippen LogP contribution in [0.1, 0.15) is 42.0 Å². The van der Waals surface area contributed by atoms with Gasteiger partial charge in [0.05, 0.1) is 6.20 Å². The number of carbonyl (C=O) groups is 1. The smallest absolute Gasteiger partial charge is 0.273 e. The molecule has 0 aromatic carbocycles. The number of nitrogens with one attached hydrogen (secondary N) is 1. The van der Waals surface area contributed by atoms with Gasteiger partial charge in [-0.25, -0.2) is 9.97 Å². The molecule has 3 rings (SSSR count). The van der Waals surface area contributed by atoms with E-state index in [0.29, 0.717) is 13.1 Å². The van der Waals surface area contributed by atoms with Gasteiger partial charge >= 0.3 is 0 Å². The highest BCUT2D eigenvalue weighted by atomic mass is 16.2. The molecule has 1 aliphatic heterocycles. The Morgan fingerprint density at radius 1 is 1.45 bits per heavy atom. The molecule has 2 aromatic heterocycles. The van der Waals surface area contributed by atoms with Gasteiger partial charge in [0, 0.05) is 44.1 Å². The third-order valence-electron chi connectivity index (χ3n) is 4.05. The van der Waals surface area contributed by atoms with E-state index in [1.807, 2.05) is 12.4 Å². The number of nitrogens with zero attached hydrogens (tertiary/aromatic N) is 4. The lowest BCUT2D eigenvalue weighted by Gasteiger charge is -2.32. The number of imidazole rings is 1. The zero-order valence-corrected chi connectivity index (χ0v) is 12.5. The van der Waals surface area contributed by atoms with Crippen LogP contribution in [0.15, 0.2) is 29.6 Å². The summed E-state index contributed by atoms with van der Waals surface area (Å²) < 4.78 is 2.12. The number of rotatable bonds is 3. The summed E-state index contributed by atoms with van der Waals surface area (Å²) >= 11 is 0. The van der Waals surface area contributed by atoms with E-state index >= 15 is 0 Å². The van der Waals surface area contributed by atoms with E-state index < -0.39 is 0 Å². The number of carbonyl (C=O) groups excluding carboxylic acids is 1. The summed E-state index contributed by atoms with van der Waals surface area (Å²) in [5.74, 6) is 1.14. The van der Waals surface area contributed by atoms with Crippen molar-refractivity contribution in [3.05, 3.63) is 46.7 Å². The van der Waals surface area contributed by atoms with E-state index in [9.17, 15) is 9.59 Å². The van der Waals surface area contributed by atoms with Crippen LogP contribution in [0.2, 0.25) is 0 Å². The van der Waals surface area contributed by atoms with Crippen molar-refractivity contribution in [3.63, 3.8) is 0 Å². The van der Waals surface area contributed by atoms with E-state index in [-0.39, 0.29) is 23.1 Å². The first-order chi connectivity index (χ1) is 10.7. The fourth-order valence-corrected chi connectivity index (χ4v) is 2.94. The molecule has 0 unspecified atom stereocenters. The van der Waals surface area contributed by atoms with Gasteiger partial charge in [0.1, 0.15) is 11.5 Å². The number of hydrogen-bond acceptors (Lipinski definition) is 4. The van der Waals surface area contributed by atoms with Crippen molar-refractivity contribution in [1.82, 2.24) is 24.4 Å². The lowest BCUT2D eigenvalue weighted by Crippen LogP contribution is -2.40. The molecule has 0 spiro atoms. The molecule has 1 fully saturated rings. The van der Waals surface area contributed by atoms with Crippen LogP contribution in [0.3, 0.4) is 0 Å². The minimum absolute atomic E-state index is 0.143. The van der Waals surface area contributed by atoms with Crippen LogP contribution in [0.5, 0.6) is 0 Å².